The molecule has 6 nitrogen and oxygen atoms in total. The Morgan fingerprint density at radius 1 is 1.27 bits per heavy atom. The van der Waals surface area contributed by atoms with E-state index in [9.17, 15) is 0 Å². The molecule has 0 aliphatic carbocycles. The molecule has 2 heterocycles. The number of guanidine groups is 1. The van der Waals surface area contributed by atoms with Gasteiger partial charge in [0.2, 0.25) is 0 Å². The van der Waals surface area contributed by atoms with Crippen molar-refractivity contribution in [3.05, 3.63) is 0 Å². The second-order valence-electron chi connectivity index (χ2n) is 8.66. The van der Waals surface area contributed by atoms with Gasteiger partial charge in [0.05, 0.1) is 25.9 Å². The van der Waals surface area contributed by atoms with Gasteiger partial charge in [-0.3, -0.25) is 4.99 Å². The highest BCUT2D eigenvalue weighted by molar-refractivity contribution is 5.80. The molecule has 0 amide bonds. The molecule has 1 N–H and O–H groups in total. The van der Waals surface area contributed by atoms with Crippen LogP contribution in [0.15, 0.2) is 4.99 Å². The zero-order valence-corrected chi connectivity index (χ0v) is 17.4. The molecule has 2 aliphatic heterocycles. The Morgan fingerprint density at radius 2 is 2.08 bits per heavy atom. The Labute approximate surface area is 159 Å². The number of nitrogens with one attached hydrogen (secondary N) is 1. The maximum absolute atomic E-state index is 6.11. The molecule has 0 aromatic carbocycles. The van der Waals surface area contributed by atoms with E-state index in [0.29, 0.717) is 31.2 Å². The van der Waals surface area contributed by atoms with Gasteiger partial charge in [0.25, 0.3) is 0 Å². The van der Waals surface area contributed by atoms with Crippen molar-refractivity contribution in [1.82, 2.24) is 10.2 Å². The minimum atomic E-state index is 0.175. The van der Waals surface area contributed by atoms with Gasteiger partial charge in [0.15, 0.2) is 5.96 Å². The zero-order chi connectivity index (χ0) is 19.0. The summed E-state index contributed by atoms with van der Waals surface area (Å²) in [6.07, 6.45) is 3.84. The van der Waals surface area contributed by atoms with Gasteiger partial charge in [-0.25, -0.2) is 0 Å². The SMILES string of the molecule is CN=C(NCC1CCCOC1C(C)(C)C)N1CCC(COCCOC)C1. The van der Waals surface area contributed by atoms with E-state index >= 15 is 0 Å². The summed E-state index contributed by atoms with van der Waals surface area (Å²) in [5.74, 6) is 2.13. The summed E-state index contributed by atoms with van der Waals surface area (Å²) >= 11 is 0. The average molecular weight is 370 g/mol. The number of likely N-dealkylation sites (tertiary alicyclic amines) is 1. The number of nitrogens with zero attached hydrogens (tertiary/aromatic N) is 2. The molecule has 0 aromatic heterocycles. The lowest BCUT2D eigenvalue weighted by molar-refractivity contribution is -0.0836. The van der Waals surface area contributed by atoms with Gasteiger partial charge in [-0.1, -0.05) is 20.8 Å². The van der Waals surface area contributed by atoms with Crippen LogP contribution in [0.5, 0.6) is 0 Å². The van der Waals surface area contributed by atoms with E-state index in [2.05, 4.69) is 36.0 Å². The van der Waals surface area contributed by atoms with Crippen molar-refractivity contribution >= 4 is 5.96 Å². The topological polar surface area (TPSA) is 55.3 Å². The van der Waals surface area contributed by atoms with Crippen LogP contribution in [0.2, 0.25) is 0 Å². The van der Waals surface area contributed by atoms with Crippen LogP contribution in [-0.2, 0) is 14.2 Å². The molecule has 3 atom stereocenters. The molecule has 0 bridgehead atoms. The van der Waals surface area contributed by atoms with Crippen LogP contribution >= 0.6 is 0 Å². The Hall–Kier alpha value is -0.850. The van der Waals surface area contributed by atoms with Crippen molar-refractivity contribution in [3.63, 3.8) is 0 Å². The monoisotopic (exact) mass is 369 g/mol. The molecular formula is C20H39N3O3. The van der Waals surface area contributed by atoms with E-state index < -0.39 is 0 Å². The number of aliphatic imine (C=N–C) groups is 1. The third-order valence-electron chi connectivity index (χ3n) is 5.40. The fraction of sp³-hybridized carbons (Fsp3) is 0.950. The zero-order valence-electron chi connectivity index (χ0n) is 17.4. The summed E-state index contributed by atoms with van der Waals surface area (Å²) in [7, 11) is 3.58. The predicted molar refractivity (Wildman–Crippen MR) is 106 cm³/mol. The Bertz CT molecular complexity index is 437. The van der Waals surface area contributed by atoms with E-state index in [-0.39, 0.29) is 5.41 Å². The first-order valence-corrected chi connectivity index (χ1v) is 10.1. The van der Waals surface area contributed by atoms with Gasteiger partial charge in [0.1, 0.15) is 0 Å². The second-order valence-corrected chi connectivity index (χ2v) is 8.66. The van der Waals surface area contributed by atoms with Crippen LogP contribution < -0.4 is 5.32 Å². The summed E-state index contributed by atoms with van der Waals surface area (Å²) in [4.78, 5) is 6.88. The molecule has 0 spiro atoms. The summed E-state index contributed by atoms with van der Waals surface area (Å²) in [6, 6.07) is 0. The van der Waals surface area contributed by atoms with Crippen molar-refractivity contribution in [2.45, 2.75) is 46.1 Å². The standard InChI is InChI=1S/C20H39N3O3/c1-20(2,3)18-17(7-6-10-26-18)13-22-19(21-4)23-9-8-16(14-23)15-25-12-11-24-5/h16-18H,6-15H2,1-5H3,(H,21,22). The van der Waals surface area contributed by atoms with Crippen LogP contribution in [0, 0.1) is 17.3 Å². The van der Waals surface area contributed by atoms with Crippen LogP contribution in [0.1, 0.15) is 40.0 Å². The lowest BCUT2D eigenvalue weighted by Gasteiger charge is -2.40. The molecule has 2 fully saturated rings. The summed E-state index contributed by atoms with van der Waals surface area (Å²) < 4.78 is 16.8. The van der Waals surface area contributed by atoms with Gasteiger partial charge >= 0.3 is 0 Å². The largest absolute Gasteiger partial charge is 0.382 e. The molecule has 0 saturated carbocycles. The van der Waals surface area contributed by atoms with Crippen molar-refractivity contribution in [2.75, 3.05) is 60.2 Å². The summed E-state index contributed by atoms with van der Waals surface area (Å²) in [5.41, 5.74) is 0.175. The third kappa shape index (κ3) is 6.39. The van der Waals surface area contributed by atoms with E-state index in [1.165, 1.54) is 6.42 Å². The molecule has 2 aliphatic rings. The molecule has 3 unspecified atom stereocenters. The van der Waals surface area contributed by atoms with Crippen LogP contribution in [0.25, 0.3) is 0 Å². The van der Waals surface area contributed by atoms with Crippen molar-refractivity contribution in [2.24, 2.45) is 22.2 Å². The number of ether oxygens (including phenoxy) is 3. The third-order valence-corrected chi connectivity index (χ3v) is 5.40. The van der Waals surface area contributed by atoms with Gasteiger partial charge in [-0.05, 0) is 24.7 Å². The van der Waals surface area contributed by atoms with Gasteiger partial charge < -0.3 is 24.4 Å². The molecule has 152 valence electrons. The highest BCUT2D eigenvalue weighted by atomic mass is 16.5. The lowest BCUT2D eigenvalue weighted by atomic mass is 9.78. The van der Waals surface area contributed by atoms with Crippen LogP contribution in [-0.4, -0.2) is 77.2 Å². The molecule has 2 saturated heterocycles. The average Bonchev–Trinajstić information content (AvgIpc) is 3.07. The Balaban J connectivity index is 1.78. The fourth-order valence-electron chi connectivity index (χ4n) is 4.12. The van der Waals surface area contributed by atoms with Crippen LogP contribution in [0.3, 0.4) is 0 Å². The number of methoxy groups -OCH3 is 1. The maximum Gasteiger partial charge on any atom is 0.193 e. The Kier molecular flexibility index (Phi) is 8.64. The number of hydrogen-bond acceptors (Lipinski definition) is 4. The number of rotatable bonds is 7. The lowest BCUT2D eigenvalue weighted by Crippen LogP contribution is -2.48. The molecule has 0 aromatic rings. The summed E-state index contributed by atoms with van der Waals surface area (Å²) in [5, 5.41) is 3.62. The van der Waals surface area contributed by atoms with E-state index in [0.717, 1.165) is 51.6 Å². The molecular weight excluding hydrogens is 330 g/mol. The quantitative estimate of drug-likeness (QED) is 0.424. The minimum absolute atomic E-state index is 0.175. The summed E-state index contributed by atoms with van der Waals surface area (Å²) in [6.45, 7) is 12.9. The highest BCUT2D eigenvalue weighted by Gasteiger charge is 2.35. The minimum Gasteiger partial charge on any atom is -0.382 e. The van der Waals surface area contributed by atoms with Gasteiger partial charge in [0, 0.05) is 52.2 Å². The van der Waals surface area contributed by atoms with E-state index in [1.54, 1.807) is 7.11 Å². The predicted octanol–water partition coefficient (Wildman–Crippen LogP) is 2.39. The Morgan fingerprint density at radius 3 is 2.77 bits per heavy atom. The number of hydrogen-bond donors (Lipinski definition) is 1. The highest BCUT2D eigenvalue weighted by Crippen LogP contribution is 2.33. The maximum atomic E-state index is 6.11. The molecule has 2 rings (SSSR count). The second kappa shape index (κ2) is 10.5. The first kappa shape index (κ1) is 21.5. The smallest absolute Gasteiger partial charge is 0.193 e. The molecule has 6 heteroatoms. The van der Waals surface area contributed by atoms with Crippen molar-refractivity contribution in [3.8, 4) is 0 Å². The fourth-order valence-corrected chi connectivity index (χ4v) is 4.12. The van der Waals surface area contributed by atoms with Crippen molar-refractivity contribution < 1.29 is 14.2 Å². The van der Waals surface area contributed by atoms with Crippen molar-refractivity contribution in [1.29, 1.82) is 0 Å². The normalized spacial score (nSPS) is 27.8. The molecule has 26 heavy (non-hydrogen) atoms. The first-order chi connectivity index (χ1) is 12.5. The van der Waals surface area contributed by atoms with Crippen LogP contribution in [0.4, 0.5) is 0 Å². The van der Waals surface area contributed by atoms with E-state index in [4.69, 9.17) is 14.2 Å². The first-order valence-electron chi connectivity index (χ1n) is 10.1. The van der Waals surface area contributed by atoms with E-state index in [1.807, 2.05) is 7.05 Å². The van der Waals surface area contributed by atoms with Gasteiger partial charge in [-0.15, -0.1) is 0 Å². The van der Waals surface area contributed by atoms with Gasteiger partial charge in [-0.2, -0.15) is 0 Å². The molecule has 0 radical (unpaired) electrons.